The highest BCUT2D eigenvalue weighted by molar-refractivity contribution is 6.06. The van der Waals surface area contributed by atoms with Crippen LogP contribution in [0, 0.1) is 11.8 Å². The number of carbonyl (C=O) groups excluding carboxylic acids is 3. The Morgan fingerprint density at radius 3 is 2.62 bits per heavy atom. The highest BCUT2D eigenvalue weighted by atomic mass is 16.2. The van der Waals surface area contributed by atoms with Crippen LogP contribution in [0.2, 0.25) is 0 Å². The molecule has 4 rings (SSSR count). The second kappa shape index (κ2) is 10.0. The SMILES string of the molecule is CCCC[C@@H](Nc1cccc2c1CN([C@@H]1CCC(=O)NC1=O)C2=O)C1CCC(CN)CC1. The van der Waals surface area contributed by atoms with Crippen LogP contribution in [0.4, 0.5) is 5.69 Å². The lowest BCUT2D eigenvalue weighted by Gasteiger charge is -2.35. The summed E-state index contributed by atoms with van der Waals surface area (Å²) in [5.41, 5.74) is 8.54. The number of imide groups is 1. The van der Waals surface area contributed by atoms with Crippen molar-refractivity contribution in [2.45, 2.75) is 83.3 Å². The Labute approximate surface area is 190 Å². The van der Waals surface area contributed by atoms with Gasteiger partial charge in [-0.1, -0.05) is 25.8 Å². The van der Waals surface area contributed by atoms with Gasteiger partial charge in [-0.15, -0.1) is 0 Å². The third kappa shape index (κ3) is 4.68. The molecule has 7 nitrogen and oxygen atoms in total. The fourth-order valence-electron chi connectivity index (χ4n) is 5.60. The summed E-state index contributed by atoms with van der Waals surface area (Å²) in [4.78, 5) is 38.7. The lowest BCUT2D eigenvalue weighted by atomic mass is 9.77. The van der Waals surface area contributed by atoms with Crippen LogP contribution in [-0.2, 0) is 16.1 Å². The Balaban J connectivity index is 1.51. The molecule has 3 aliphatic rings. The minimum Gasteiger partial charge on any atom is -0.382 e. The standard InChI is InChI=1S/C25H36N4O3/c1-2-3-6-20(17-10-8-16(14-26)9-11-17)27-21-7-4-5-18-19(21)15-29(25(18)32)22-12-13-23(30)28-24(22)31/h4-5,7,16-17,20,22,27H,2-3,6,8-15,26H2,1H3,(H,28,30,31)/t16?,17?,20-,22-/m1/s1. The van der Waals surface area contributed by atoms with E-state index in [1.54, 1.807) is 4.90 Å². The average molecular weight is 441 g/mol. The first-order chi connectivity index (χ1) is 15.5. The molecule has 0 spiro atoms. The van der Waals surface area contributed by atoms with E-state index in [0.29, 0.717) is 36.4 Å². The molecule has 174 valence electrons. The summed E-state index contributed by atoms with van der Waals surface area (Å²) >= 11 is 0. The summed E-state index contributed by atoms with van der Waals surface area (Å²) in [6.07, 6.45) is 8.88. The molecular weight excluding hydrogens is 404 g/mol. The summed E-state index contributed by atoms with van der Waals surface area (Å²) in [6.45, 7) is 3.41. The molecule has 2 aliphatic heterocycles. The minimum atomic E-state index is -0.581. The smallest absolute Gasteiger partial charge is 0.255 e. The van der Waals surface area contributed by atoms with Crippen LogP contribution in [0.1, 0.15) is 80.6 Å². The quantitative estimate of drug-likeness (QED) is 0.539. The maximum atomic E-state index is 13.1. The van der Waals surface area contributed by atoms with Crippen LogP contribution in [-0.4, -0.2) is 41.2 Å². The molecule has 1 aromatic carbocycles. The van der Waals surface area contributed by atoms with Gasteiger partial charge in [0.15, 0.2) is 0 Å². The monoisotopic (exact) mass is 440 g/mol. The number of rotatable bonds is 8. The Bertz CT molecular complexity index is 863. The molecule has 4 N–H and O–H groups in total. The van der Waals surface area contributed by atoms with E-state index in [2.05, 4.69) is 23.6 Å². The molecule has 0 radical (unpaired) electrons. The van der Waals surface area contributed by atoms with Gasteiger partial charge in [0.1, 0.15) is 6.04 Å². The number of anilines is 1. The van der Waals surface area contributed by atoms with Gasteiger partial charge in [0, 0.05) is 35.8 Å². The van der Waals surface area contributed by atoms with E-state index >= 15 is 0 Å². The molecule has 2 atom stereocenters. The van der Waals surface area contributed by atoms with E-state index in [-0.39, 0.29) is 24.1 Å². The third-order valence-corrected chi connectivity index (χ3v) is 7.59. The number of unbranched alkanes of at least 4 members (excludes halogenated alkanes) is 1. The molecular formula is C25H36N4O3. The first kappa shape index (κ1) is 22.8. The molecule has 0 bridgehead atoms. The Kier molecular flexibility index (Phi) is 7.13. The summed E-state index contributed by atoms with van der Waals surface area (Å²) in [6, 6.07) is 5.63. The zero-order valence-electron chi connectivity index (χ0n) is 19.1. The summed E-state index contributed by atoms with van der Waals surface area (Å²) in [5, 5.41) is 6.19. The maximum Gasteiger partial charge on any atom is 0.255 e. The molecule has 0 aromatic heterocycles. The predicted octanol–water partition coefficient (Wildman–Crippen LogP) is 3.18. The van der Waals surface area contributed by atoms with Gasteiger partial charge in [0.2, 0.25) is 11.8 Å². The molecule has 7 heteroatoms. The zero-order chi connectivity index (χ0) is 22.7. The third-order valence-electron chi connectivity index (χ3n) is 7.59. The van der Waals surface area contributed by atoms with Gasteiger partial charge in [-0.2, -0.15) is 0 Å². The van der Waals surface area contributed by atoms with Gasteiger partial charge in [0.05, 0.1) is 0 Å². The number of hydrogen-bond acceptors (Lipinski definition) is 5. The fourth-order valence-corrected chi connectivity index (χ4v) is 5.60. The van der Waals surface area contributed by atoms with E-state index in [1.165, 1.54) is 32.1 Å². The van der Waals surface area contributed by atoms with E-state index in [1.807, 2.05) is 12.1 Å². The van der Waals surface area contributed by atoms with Crippen molar-refractivity contribution in [3.63, 3.8) is 0 Å². The van der Waals surface area contributed by atoms with Gasteiger partial charge >= 0.3 is 0 Å². The number of nitrogens with two attached hydrogens (primary N) is 1. The van der Waals surface area contributed by atoms with Gasteiger partial charge in [0.25, 0.3) is 5.91 Å². The minimum absolute atomic E-state index is 0.119. The number of nitrogens with zero attached hydrogens (tertiary/aromatic N) is 1. The lowest BCUT2D eigenvalue weighted by Crippen LogP contribution is -2.52. The van der Waals surface area contributed by atoms with Crippen LogP contribution < -0.4 is 16.4 Å². The molecule has 1 aliphatic carbocycles. The van der Waals surface area contributed by atoms with Crippen molar-refractivity contribution in [1.29, 1.82) is 0 Å². The Morgan fingerprint density at radius 2 is 1.94 bits per heavy atom. The molecule has 2 heterocycles. The predicted molar refractivity (Wildman–Crippen MR) is 124 cm³/mol. The molecule has 2 fully saturated rings. The second-order valence-corrected chi connectivity index (χ2v) is 9.64. The Morgan fingerprint density at radius 1 is 1.16 bits per heavy atom. The van der Waals surface area contributed by atoms with E-state index in [0.717, 1.165) is 30.6 Å². The number of nitrogens with one attached hydrogen (secondary N) is 2. The van der Waals surface area contributed by atoms with Crippen molar-refractivity contribution >= 4 is 23.4 Å². The molecule has 1 aromatic rings. The van der Waals surface area contributed by atoms with Gasteiger partial charge < -0.3 is 16.0 Å². The van der Waals surface area contributed by atoms with Crippen molar-refractivity contribution in [2.75, 3.05) is 11.9 Å². The van der Waals surface area contributed by atoms with Crippen molar-refractivity contribution in [1.82, 2.24) is 10.2 Å². The van der Waals surface area contributed by atoms with Crippen molar-refractivity contribution in [2.24, 2.45) is 17.6 Å². The summed E-state index contributed by atoms with van der Waals surface area (Å²) in [7, 11) is 0. The number of carbonyl (C=O) groups is 3. The van der Waals surface area contributed by atoms with Crippen molar-refractivity contribution < 1.29 is 14.4 Å². The number of hydrogen-bond donors (Lipinski definition) is 3. The van der Waals surface area contributed by atoms with Crippen LogP contribution in [0.25, 0.3) is 0 Å². The van der Waals surface area contributed by atoms with Crippen molar-refractivity contribution in [3.05, 3.63) is 29.3 Å². The number of piperidine rings is 1. The maximum absolute atomic E-state index is 13.1. The summed E-state index contributed by atoms with van der Waals surface area (Å²) in [5.74, 6) is 0.518. The normalized spacial score (nSPS) is 26.6. The van der Waals surface area contributed by atoms with Crippen LogP contribution in [0.15, 0.2) is 18.2 Å². The zero-order valence-corrected chi connectivity index (χ0v) is 19.1. The number of amides is 3. The molecule has 1 saturated carbocycles. The molecule has 32 heavy (non-hydrogen) atoms. The van der Waals surface area contributed by atoms with E-state index in [9.17, 15) is 14.4 Å². The average Bonchev–Trinajstić information content (AvgIpc) is 3.14. The van der Waals surface area contributed by atoms with E-state index in [4.69, 9.17) is 5.73 Å². The molecule has 3 amide bonds. The second-order valence-electron chi connectivity index (χ2n) is 9.64. The Hall–Kier alpha value is -2.41. The number of fused-ring (bicyclic) bond motifs is 1. The van der Waals surface area contributed by atoms with E-state index < -0.39 is 6.04 Å². The first-order valence-corrected chi connectivity index (χ1v) is 12.2. The van der Waals surface area contributed by atoms with Gasteiger partial charge in [-0.05, 0) is 69.0 Å². The lowest BCUT2D eigenvalue weighted by molar-refractivity contribution is -0.136. The first-order valence-electron chi connectivity index (χ1n) is 12.2. The highest BCUT2D eigenvalue weighted by Crippen LogP contribution is 2.36. The van der Waals surface area contributed by atoms with Crippen molar-refractivity contribution in [3.8, 4) is 0 Å². The highest BCUT2D eigenvalue weighted by Gasteiger charge is 2.40. The topological polar surface area (TPSA) is 105 Å². The van der Waals surface area contributed by atoms with Crippen LogP contribution >= 0.6 is 0 Å². The largest absolute Gasteiger partial charge is 0.382 e. The van der Waals surface area contributed by atoms with Crippen LogP contribution in [0.5, 0.6) is 0 Å². The molecule has 1 saturated heterocycles. The van der Waals surface area contributed by atoms with Crippen LogP contribution in [0.3, 0.4) is 0 Å². The van der Waals surface area contributed by atoms with Gasteiger partial charge in [-0.25, -0.2) is 0 Å². The molecule has 0 unspecified atom stereocenters. The van der Waals surface area contributed by atoms with Gasteiger partial charge in [-0.3, -0.25) is 19.7 Å². The number of benzene rings is 1. The summed E-state index contributed by atoms with van der Waals surface area (Å²) < 4.78 is 0. The fraction of sp³-hybridized carbons (Fsp3) is 0.640.